The lowest BCUT2D eigenvalue weighted by molar-refractivity contribution is 0.0737. The minimum Gasteiger partial charge on any atom is -0.461 e. The molecule has 0 atom stereocenters. The monoisotopic (exact) mass is 295 g/mol. The highest BCUT2D eigenvalue weighted by atomic mass is 16.5. The average Bonchev–Trinajstić information content (AvgIpc) is 2.35. The molecule has 1 aliphatic carbocycles. The summed E-state index contributed by atoms with van der Waals surface area (Å²) in [6.45, 7) is 4.62. The van der Waals surface area contributed by atoms with E-state index in [0.717, 1.165) is 6.54 Å². The molecule has 1 heterocycles. The molecule has 1 aromatic rings. The zero-order valence-electron chi connectivity index (χ0n) is 13.2. The van der Waals surface area contributed by atoms with Crippen molar-refractivity contribution in [1.82, 2.24) is 19.9 Å². The molecule has 0 aliphatic heterocycles. The van der Waals surface area contributed by atoms with E-state index in [9.17, 15) is 0 Å². The van der Waals surface area contributed by atoms with Crippen molar-refractivity contribution in [2.45, 2.75) is 44.8 Å². The molecule has 8 nitrogen and oxygen atoms in total. The van der Waals surface area contributed by atoms with E-state index in [1.807, 2.05) is 13.8 Å². The fraction of sp³-hybridized carbons (Fsp3) is 0.769. The van der Waals surface area contributed by atoms with Gasteiger partial charge in [-0.1, -0.05) is 0 Å². The molecule has 0 radical (unpaired) electrons. The molecule has 1 aliphatic rings. The third-order valence-electron chi connectivity index (χ3n) is 3.89. The van der Waals surface area contributed by atoms with Crippen LogP contribution in [0.25, 0.3) is 0 Å². The second kappa shape index (κ2) is 6.40. The zero-order valence-corrected chi connectivity index (χ0v) is 13.2. The first kappa shape index (κ1) is 15.7. The van der Waals surface area contributed by atoms with Gasteiger partial charge < -0.3 is 15.0 Å². The number of hydrogen-bond acceptors (Lipinski definition) is 8. The van der Waals surface area contributed by atoms with E-state index in [1.54, 1.807) is 0 Å². The van der Waals surface area contributed by atoms with Crippen LogP contribution in [0, 0.1) is 0 Å². The Morgan fingerprint density at radius 2 is 1.90 bits per heavy atom. The fourth-order valence-electron chi connectivity index (χ4n) is 2.37. The number of aromatic nitrogens is 3. The van der Waals surface area contributed by atoms with E-state index < -0.39 is 0 Å². The number of rotatable bonds is 7. The minimum atomic E-state index is -0.00868. The predicted molar refractivity (Wildman–Crippen MR) is 82.2 cm³/mol. The molecule has 118 valence electrons. The molecular formula is C13H25N7O. The van der Waals surface area contributed by atoms with Crippen LogP contribution < -0.4 is 21.3 Å². The van der Waals surface area contributed by atoms with Gasteiger partial charge in [-0.05, 0) is 47.2 Å². The molecule has 1 fully saturated rings. The van der Waals surface area contributed by atoms with Gasteiger partial charge in [0.15, 0.2) is 0 Å². The third-order valence-corrected chi connectivity index (χ3v) is 3.89. The largest absolute Gasteiger partial charge is 0.461 e. The topological polar surface area (TPSA) is 101 Å². The number of ether oxygens (including phenoxy) is 1. The normalized spacial score (nSPS) is 16.7. The number of nitrogens with two attached hydrogens (primary N) is 1. The maximum Gasteiger partial charge on any atom is 0.323 e. The molecule has 21 heavy (non-hydrogen) atoms. The Labute approximate surface area is 125 Å². The maximum atomic E-state index is 5.51. The van der Waals surface area contributed by atoms with Crippen molar-refractivity contribution in [1.29, 1.82) is 0 Å². The van der Waals surface area contributed by atoms with Crippen molar-refractivity contribution in [3.8, 4) is 6.01 Å². The highest BCUT2D eigenvalue weighted by Crippen LogP contribution is 2.36. The molecule has 0 spiro atoms. The van der Waals surface area contributed by atoms with Crippen LogP contribution in [0.4, 0.5) is 11.9 Å². The van der Waals surface area contributed by atoms with E-state index in [-0.39, 0.29) is 23.6 Å². The summed E-state index contributed by atoms with van der Waals surface area (Å²) in [7, 11) is 4.21. The molecule has 8 heteroatoms. The molecule has 0 aromatic carbocycles. The Morgan fingerprint density at radius 3 is 2.38 bits per heavy atom. The summed E-state index contributed by atoms with van der Waals surface area (Å²) in [4.78, 5) is 14.8. The Balaban J connectivity index is 2.08. The molecule has 0 bridgehead atoms. The van der Waals surface area contributed by atoms with Crippen molar-refractivity contribution in [2.24, 2.45) is 5.84 Å². The van der Waals surface area contributed by atoms with Crippen LogP contribution in [0.2, 0.25) is 0 Å². The number of nitrogen functional groups attached to an aromatic ring is 1. The Kier molecular flexibility index (Phi) is 4.79. The van der Waals surface area contributed by atoms with Gasteiger partial charge in [-0.3, -0.25) is 5.43 Å². The number of hydrazine groups is 1. The van der Waals surface area contributed by atoms with Gasteiger partial charge in [0.2, 0.25) is 11.9 Å². The third kappa shape index (κ3) is 3.70. The standard InChI is InChI=1S/C13H25N7O/c1-9(2)21-12-17-10(16-11(18-12)19-14)15-8-13(20(3)4)6-5-7-13/h9H,5-8,14H2,1-4H3,(H2,15,16,17,18,19). The molecule has 1 saturated carbocycles. The van der Waals surface area contributed by atoms with Gasteiger partial charge in [0.25, 0.3) is 0 Å². The van der Waals surface area contributed by atoms with Crippen molar-refractivity contribution in [2.75, 3.05) is 31.4 Å². The Hall–Kier alpha value is -1.67. The SMILES string of the molecule is CC(C)Oc1nc(NN)nc(NCC2(N(C)C)CCC2)n1. The lowest BCUT2D eigenvalue weighted by atomic mass is 9.75. The van der Waals surface area contributed by atoms with Crippen LogP contribution in [-0.2, 0) is 0 Å². The predicted octanol–water partition coefficient (Wildman–Crippen LogP) is 0.841. The number of nitrogens with zero attached hydrogens (tertiary/aromatic N) is 4. The van der Waals surface area contributed by atoms with Gasteiger partial charge in [-0.2, -0.15) is 15.0 Å². The summed E-state index contributed by atoms with van der Waals surface area (Å²) in [5, 5.41) is 3.28. The lowest BCUT2D eigenvalue weighted by Gasteiger charge is -2.47. The first-order valence-electron chi connectivity index (χ1n) is 7.26. The van der Waals surface area contributed by atoms with Crippen LogP contribution in [0.3, 0.4) is 0 Å². The van der Waals surface area contributed by atoms with E-state index in [0.29, 0.717) is 5.95 Å². The van der Waals surface area contributed by atoms with Gasteiger partial charge in [0, 0.05) is 12.1 Å². The van der Waals surface area contributed by atoms with Crippen molar-refractivity contribution >= 4 is 11.9 Å². The van der Waals surface area contributed by atoms with Crippen LogP contribution >= 0.6 is 0 Å². The molecule has 0 amide bonds. The lowest BCUT2D eigenvalue weighted by Crippen LogP contribution is -2.54. The van der Waals surface area contributed by atoms with Gasteiger partial charge in [-0.15, -0.1) is 0 Å². The van der Waals surface area contributed by atoms with Crippen molar-refractivity contribution in [3.05, 3.63) is 0 Å². The summed E-state index contributed by atoms with van der Waals surface area (Å²) in [5.74, 6) is 6.15. The van der Waals surface area contributed by atoms with Crippen molar-refractivity contribution in [3.63, 3.8) is 0 Å². The molecular weight excluding hydrogens is 270 g/mol. The minimum absolute atomic E-state index is 0.00868. The van der Waals surface area contributed by atoms with E-state index in [2.05, 4.69) is 44.7 Å². The molecule has 4 N–H and O–H groups in total. The summed E-state index contributed by atoms with van der Waals surface area (Å²) in [6, 6.07) is 0.267. The van der Waals surface area contributed by atoms with Crippen LogP contribution in [0.1, 0.15) is 33.1 Å². The van der Waals surface area contributed by atoms with Gasteiger partial charge in [-0.25, -0.2) is 5.84 Å². The van der Waals surface area contributed by atoms with E-state index >= 15 is 0 Å². The van der Waals surface area contributed by atoms with E-state index in [1.165, 1.54) is 19.3 Å². The Morgan fingerprint density at radius 1 is 1.24 bits per heavy atom. The van der Waals surface area contributed by atoms with Crippen LogP contribution in [0.15, 0.2) is 0 Å². The smallest absolute Gasteiger partial charge is 0.323 e. The van der Waals surface area contributed by atoms with E-state index in [4.69, 9.17) is 10.6 Å². The second-order valence-electron chi connectivity index (χ2n) is 5.90. The molecule has 2 rings (SSSR count). The fourth-order valence-corrected chi connectivity index (χ4v) is 2.37. The van der Waals surface area contributed by atoms with Crippen molar-refractivity contribution < 1.29 is 4.74 Å². The summed E-state index contributed by atoms with van der Waals surface area (Å²) in [6.07, 6.45) is 3.60. The highest BCUT2D eigenvalue weighted by Gasteiger charge is 2.38. The van der Waals surface area contributed by atoms with Crippen LogP contribution in [0.5, 0.6) is 6.01 Å². The highest BCUT2D eigenvalue weighted by molar-refractivity contribution is 5.35. The number of nitrogens with one attached hydrogen (secondary N) is 2. The van der Waals surface area contributed by atoms with Gasteiger partial charge >= 0.3 is 6.01 Å². The van der Waals surface area contributed by atoms with Gasteiger partial charge in [0.05, 0.1) is 6.10 Å². The summed E-state index contributed by atoms with van der Waals surface area (Å²) >= 11 is 0. The number of hydrogen-bond donors (Lipinski definition) is 3. The first-order chi connectivity index (χ1) is 9.95. The number of anilines is 2. The molecule has 1 aromatic heterocycles. The molecule has 0 saturated heterocycles. The first-order valence-corrected chi connectivity index (χ1v) is 7.26. The Bertz CT molecular complexity index is 474. The quantitative estimate of drug-likeness (QED) is 0.502. The number of likely N-dealkylation sites (N-methyl/N-ethyl adjacent to an activating group) is 1. The molecule has 0 unspecified atom stereocenters. The maximum absolute atomic E-state index is 5.51. The zero-order chi connectivity index (χ0) is 15.5. The second-order valence-corrected chi connectivity index (χ2v) is 5.90. The van der Waals surface area contributed by atoms with Crippen LogP contribution in [-0.4, -0.2) is 52.1 Å². The summed E-state index contributed by atoms with van der Waals surface area (Å²) in [5.41, 5.74) is 2.62. The average molecular weight is 295 g/mol. The summed E-state index contributed by atoms with van der Waals surface area (Å²) < 4.78 is 5.51. The van der Waals surface area contributed by atoms with Gasteiger partial charge in [0.1, 0.15) is 0 Å².